The Hall–Kier alpha value is -1.81. The van der Waals surface area contributed by atoms with Crippen LogP contribution in [0.2, 0.25) is 0 Å². The van der Waals surface area contributed by atoms with Crippen LogP contribution in [0.1, 0.15) is 31.6 Å². The Morgan fingerprint density at radius 2 is 2.06 bits per heavy atom. The standard InChI is InChI=1S/C14H18N2O2/c1-3-4-12(15)14-9-13(16-18-14)10-5-7-11(17-2)8-6-10/h5-9,12H,3-4,15H2,1-2H3. The van der Waals surface area contributed by atoms with Gasteiger partial charge in [0, 0.05) is 11.6 Å². The van der Waals surface area contributed by atoms with E-state index in [2.05, 4.69) is 12.1 Å². The van der Waals surface area contributed by atoms with Crippen LogP contribution in [0.5, 0.6) is 5.75 Å². The number of rotatable bonds is 5. The summed E-state index contributed by atoms with van der Waals surface area (Å²) in [5, 5.41) is 4.05. The lowest BCUT2D eigenvalue weighted by Crippen LogP contribution is -2.08. The molecule has 0 spiro atoms. The molecule has 0 aliphatic carbocycles. The topological polar surface area (TPSA) is 61.3 Å². The highest BCUT2D eigenvalue weighted by Gasteiger charge is 2.12. The van der Waals surface area contributed by atoms with Crippen LogP contribution < -0.4 is 10.5 Å². The van der Waals surface area contributed by atoms with Crippen molar-refractivity contribution in [1.82, 2.24) is 5.16 Å². The van der Waals surface area contributed by atoms with Crippen molar-refractivity contribution in [3.8, 4) is 17.0 Å². The maximum absolute atomic E-state index is 5.99. The number of nitrogens with zero attached hydrogens (tertiary/aromatic N) is 1. The summed E-state index contributed by atoms with van der Waals surface area (Å²) in [4.78, 5) is 0. The van der Waals surface area contributed by atoms with E-state index in [0.717, 1.165) is 35.6 Å². The van der Waals surface area contributed by atoms with E-state index in [0.29, 0.717) is 0 Å². The van der Waals surface area contributed by atoms with Crippen molar-refractivity contribution in [3.63, 3.8) is 0 Å². The fourth-order valence-corrected chi connectivity index (χ4v) is 1.82. The normalized spacial score (nSPS) is 12.4. The summed E-state index contributed by atoms with van der Waals surface area (Å²) in [5.41, 5.74) is 7.79. The van der Waals surface area contributed by atoms with Gasteiger partial charge >= 0.3 is 0 Å². The van der Waals surface area contributed by atoms with E-state index in [4.69, 9.17) is 15.0 Å². The van der Waals surface area contributed by atoms with Crippen molar-refractivity contribution >= 4 is 0 Å². The summed E-state index contributed by atoms with van der Waals surface area (Å²) in [6.45, 7) is 2.10. The fraction of sp³-hybridized carbons (Fsp3) is 0.357. The third kappa shape index (κ3) is 2.71. The summed E-state index contributed by atoms with van der Waals surface area (Å²) in [6.07, 6.45) is 1.93. The summed E-state index contributed by atoms with van der Waals surface area (Å²) >= 11 is 0. The molecular weight excluding hydrogens is 228 g/mol. The van der Waals surface area contributed by atoms with Crippen LogP contribution in [0.25, 0.3) is 11.3 Å². The van der Waals surface area contributed by atoms with Crippen LogP contribution >= 0.6 is 0 Å². The molecule has 1 aromatic carbocycles. The number of methoxy groups -OCH3 is 1. The Kier molecular flexibility index (Phi) is 3.99. The quantitative estimate of drug-likeness (QED) is 0.880. The van der Waals surface area contributed by atoms with Crippen molar-refractivity contribution in [3.05, 3.63) is 36.1 Å². The maximum atomic E-state index is 5.99. The number of aromatic nitrogens is 1. The molecule has 18 heavy (non-hydrogen) atoms. The Bertz CT molecular complexity index is 491. The van der Waals surface area contributed by atoms with E-state index in [1.54, 1.807) is 7.11 Å². The Morgan fingerprint density at radius 3 is 2.67 bits per heavy atom. The monoisotopic (exact) mass is 246 g/mol. The van der Waals surface area contributed by atoms with Crippen LogP contribution in [0, 0.1) is 0 Å². The van der Waals surface area contributed by atoms with Gasteiger partial charge in [-0.25, -0.2) is 0 Å². The zero-order valence-corrected chi connectivity index (χ0v) is 10.7. The van der Waals surface area contributed by atoms with Gasteiger partial charge in [0.15, 0.2) is 5.76 Å². The summed E-state index contributed by atoms with van der Waals surface area (Å²) in [7, 11) is 1.65. The first kappa shape index (κ1) is 12.6. The Labute approximate surface area is 107 Å². The zero-order valence-electron chi connectivity index (χ0n) is 10.7. The molecule has 0 aliphatic heterocycles. The van der Waals surface area contributed by atoms with Crippen LogP contribution in [0.4, 0.5) is 0 Å². The Balaban J connectivity index is 2.18. The average Bonchev–Trinajstić information content (AvgIpc) is 2.89. The lowest BCUT2D eigenvalue weighted by atomic mass is 10.1. The predicted molar refractivity (Wildman–Crippen MR) is 70.3 cm³/mol. The Morgan fingerprint density at radius 1 is 1.33 bits per heavy atom. The second-order valence-electron chi connectivity index (χ2n) is 4.24. The number of hydrogen-bond donors (Lipinski definition) is 1. The van der Waals surface area contributed by atoms with Crippen LogP contribution in [0.3, 0.4) is 0 Å². The molecule has 0 radical (unpaired) electrons. The van der Waals surface area contributed by atoms with Crippen LogP contribution in [-0.2, 0) is 0 Å². The SMILES string of the molecule is CCCC(N)c1cc(-c2ccc(OC)cc2)no1. The van der Waals surface area contributed by atoms with E-state index in [-0.39, 0.29) is 6.04 Å². The van der Waals surface area contributed by atoms with Crippen molar-refractivity contribution in [1.29, 1.82) is 0 Å². The molecule has 0 saturated carbocycles. The minimum Gasteiger partial charge on any atom is -0.497 e. The van der Waals surface area contributed by atoms with Gasteiger partial charge < -0.3 is 15.0 Å². The van der Waals surface area contributed by atoms with Crippen LogP contribution in [-0.4, -0.2) is 12.3 Å². The molecule has 1 atom stereocenters. The van der Waals surface area contributed by atoms with E-state index < -0.39 is 0 Å². The molecule has 4 nitrogen and oxygen atoms in total. The fourth-order valence-electron chi connectivity index (χ4n) is 1.82. The molecule has 0 aliphatic rings. The third-order valence-electron chi connectivity index (χ3n) is 2.88. The van der Waals surface area contributed by atoms with E-state index in [9.17, 15) is 0 Å². The lowest BCUT2D eigenvalue weighted by molar-refractivity contribution is 0.356. The number of benzene rings is 1. The summed E-state index contributed by atoms with van der Waals surface area (Å²) < 4.78 is 10.4. The van der Waals surface area contributed by atoms with Crippen LogP contribution in [0.15, 0.2) is 34.9 Å². The minimum atomic E-state index is -0.0745. The first-order valence-corrected chi connectivity index (χ1v) is 6.11. The lowest BCUT2D eigenvalue weighted by Gasteiger charge is -2.03. The first-order valence-electron chi connectivity index (χ1n) is 6.11. The largest absolute Gasteiger partial charge is 0.497 e. The van der Waals surface area contributed by atoms with Gasteiger partial charge in [-0.1, -0.05) is 18.5 Å². The van der Waals surface area contributed by atoms with Crippen molar-refractivity contribution in [2.75, 3.05) is 7.11 Å². The van der Waals surface area contributed by atoms with Crippen molar-refractivity contribution in [2.45, 2.75) is 25.8 Å². The zero-order chi connectivity index (χ0) is 13.0. The van der Waals surface area contributed by atoms with Gasteiger partial charge in [-0.05, 0) is 30.7 Å². The van der Waals surface area contributed by atoms with E-state index in [1.165, 1.54) is 0 Å². The average molecular weight is 246 g/mol. The maximum Gasteiger partial charge on any atom is 0.154 e. The number of hydrogen-bond acceptors (Lipinski definition) is 4. The highest BCUT2D eigenvalue weighted by Crippen LogP contribution is 2.25. The third-order valence-corrected chi connectivity index (χ3v) is 2.88. The first-order chi connectivity index (χ1) is 8.74. The van der Waals surface area contributed by atoms with Crippen molar-refractivity contribution < 1.29 is 9.26 Å². The predicted octanol–water partition coefficient (Wildman–Crippen LogP) is 3.15. The molecule has 2 aromatic rings. The molecule has 96 valence electrons. The molecule has 1 heterocycles. The molecule has 0 saturated heterocycles. The highest BCUT2D eigenvalue weighted by atomic mass is 16.5. The van der Waals surface area contributed by atoms with Gasteiger partial charge in [-0.15, -0.1) is 0 Å². The van der Waals surface area contributed by atoms with Gasteiger partial charge in [0.1, 0.15) is 11.4 Å². The molecule has 0 bridgehead atoms. The van der Waals surface area contributed by atoms with E-state index >= 15 is 0 Å². The minimum absolute atomic E-state index is 0.0745. The number of ether oxygens (including phenoxy) is 1. The molecule has 1 aromatic heterocycles. The van der Waals surface area contributed by atoms with Gasteiger partial charge in [0.05, 0.1) is 13.2 Å². The van der Waals surface area contributed by atoms with E-state index in [1.807, 2.05) is 30.3 Å². The van der Waals surface area contributed by atoms with Crippen molar-refractivity contribution in [2.24, 2.45) is 5.73 Å². The highest BCUT2D eigenvalue weighted by molar-refractivity contribution is 5.59. The number of nitrogens with two attached hydrogens (primary N) is 1. The molecule has 2 N–H and O–H groups in total. The van der Waals surface area contributed by atoms with Gasteiger partial charge in [0.2, 0.25) is 0 Å². The summed E-state index contributed by atoms with van der Waals surface area (Å²) in [5.74, 6) is 1.56. The van der Waals surface area contributed by atoms with Gasteiger partial charge in [-0.3, -0.25) is 0 Å². The molecule has 2 rings (SSSR count). The molecule has 0 amide bonds. The molecule has 1 unspecified atom stereocenters. The molecule has 4 heteroatoms. The smallest absolute Gasteiger partial charge is 0.154 e. The second-order valence-corrected chi connectivity index (χ2v) is 4.24. The van der Waals surface area contributed by atoms with Gasteiger partial charge in [0.25, 0.3) is 0 Å². The molecular formula is C14H18N2O2. The second kappa shape index (κ2) is 5.69. The molecule has 0 fully saturated rings. The summed E-state index contributed by atoms with van der Waals surface area (Å²) in [6, 6.07) is 9.53. The van der Waals surface area contributed by atoms with Gasteiger partial charge in [-0.2, -0.15) is 0 Å².